The number of aromatic nitrogens is 5. The minimum Gasteiger partial charge on any atom is -0.334 e. The fourth-order valence-corrected chi connectivity index (χ4v) is 4.30. The van der Waals surface area contributed by atoms with E-state index in [-0.39, 0.29) is 11.8 Å². The van der Waals surface area contributed by atoms with Gasteiger partial charge in [0.05, 0.1) is 13.1 Å². The molecule has 5 heterocycles. The van der Waals surface area contributed by atoms with E-state index in [1.165, 1.54) is 0 Å². The van der Waals surface area contributed by atoms with E-state index in [0.29, 0.717) is 49.1 Å². The number of amides is 2. The van der Waals surface area contributed by atoms with Gasteiger partial charge in [0.1, 0.15) is 11.5 Å². The van der Waals surface area contributed by atoms with E-state index >= 15 is 0 Å². The number of rotatable bonds is 3. The van der Waals surface area contributed by atoms with Gasteiger partial charge in [0, 0.05) is 42.5 Å². The van der Waals surface area contributed by atoms with Gasteiger partial charge in [-0.25, -0.2) is 4.98 Å². The first kappa shape index (κ1) is 19.3. The minimum absolute atomic E-state index is 0.0270. The predicted octanol–water partition coefficient (Wildman–Crippen LogP) is 2.13. The van der Waals surface area contributed by atoms with Crippen molar-refractivity contribution in [3.05, 3.63) is 52.6 Å². The summed E-state index contributed by atoms with van der Waals surface area (Å²) in [4.78, 5) is 37.6. The van der Waals surface area contributed by atoms with Crippen LogP contribution in [0.3, 0.4) is 0 Å². The number of aryl methyl sites for hydroxylation is 2. The summed E-state index contributed by atoms with van der Waals surface area (Å²) in [6.07, 6.45) is 0.780. The van der Waals surface area contributed by atoms with Gasteiger partial charge in [-0.1, -0.05) is 13.0 Å². The number of hydrogen-bond donors (Lipinski definition) is 0. The second-order valence-electron chi connectivity index (χ2n) is 7.89. The third kappa shape index (κ3) is 3.17. The van der Waals surface area contributed by atoms with Gasteiger partial charge < -0.3 is 9.47 Å². The average molecular weight is 417 g/mol. The Morgan fingerprint density at radius 2 is 1.97 bits per heavy atom. The van der Waals surface area contributed by atoms with Crippen molar-refractivity contribution in [2.45, 2.75) is 46.8 Å². The molecule has 0 bridgehead atoms. The molecule has 0 radical (unpaired) electrons. The SMILES string of the molecule is CCc1nc(C)cc2c1CN(c1cccc(-c3nnc4n3CCN(C(C)=O)C4)n1)C2=O. The zero-order valence-corrected chi connectivity index (χ0v) is 17.8. The van der Waals surface area contributed by atoms with Crippen LogP contribution in [0.2, 0.25) is 0 Å². The molecule has 158 valence electrons. The summed E-state index contributed by atoms with van der Waals surface area (Å²) in [7, 11) is 0. The lowest BCUT2D eigenvalue weighted by molar-refractivity contribution is -0.130. The smallest absolute Gasteiger partial charge is 0.260 e. The molecule has 0 saturated heterocycles. The first-order valence-corrected chi connectivity index (χ1v) is 10.4. The molecule has 0 spiro atoms. The Labute approximate surface area is 179 Å². The molecule has 9 heteroatoms. The zero-order chi connectivity index (χ0) is 21.7. The second-order valence-corrected chi connectivity index (χ2v) is 7.89. The molecule has 3 aromatic rings. The molecule has 2 aliphatic heterocycles. The van der Waals surface area contributed by atoms with E-state index in [0.717, 1.165) is 29.2 Å². The van der Waals surface area contributed by atoms with Gasteiger partial charge in [0.15, 0.2) is 11.6 Å². The van der Waals surface area contributed by atoms with E-state index in [4.69, 9.17) is 4.98 Å². The van der Waals surface area contributed by atoms with Crippen LogP contribution in [0.15, 0.2) is 24.3 Å². The lowest BCUT2D eigenvalue weighted by Gasteiger charge is -2.26. The Kier molecular flexibility index (Phi) is 4.53. The van der Waals surface area contributed by atoms with Crippen LogP contribution in [0.5, 0.6) is 0 Å². The highest BCUT2D eigenvalue weighted by molar-refractivity contribution is 6.09. The second kappa shape index (κ2) is 7.26. The molecule has 0 fully saturated rings. The highest BCUT2D eigenvalue weighted by Crippen LogP contribution is 2.31. The highest BCUT2D eigenvalue weighted by atomic mass is 16.2. The minimum atomic E-state index is -0.0553. The maximum absolute atomic E-state index is 13.1. The molecule has 3 aromatic heterocycles. The van der Waals surface area contributed by atoms with Crippen LogP contribution < -0.4 is 4.90 Å². The van der Waals surface area contributed by atoms with E-state index < -0.39 is 0 Å². The summed E-state index contributed by atoms with van der Waals surface area (Å²) in [6.45, 7) is 7.65. The first-order valence-electron chi connectivity index (χ1n) is 10.4. The molecule has 0 N–H and O–H groups in total. The lowest BCUT2D eigenvalue weighted by Crippen LogP contribution is -2.37. The fourth-order valence-electron chi connectivity index (χ4n) is 4.30. The Morgan fingerprint density at radius 1 is 1.13 bits per heavy atom. The number of fused-ring (bicyclic) bond motifs is 2. The van der Waals surface area contributed by atoms with Crippen molar-refractivity contribution in [3.8, 4) is 11.5 Å². The van der Waals surface area contributed by atoms with Crippen LogP contribution in [0.4, 0.5) is 5.82 Å². The molecule has 0 saturated carbocycles. The van der Waals surface area contributed by atoms with Crippen LogP contribution in [0.1, 0.15) is 47.0 Å². The van der Waals surface area contributed by atoms with Crippen molar-refractivity contribution in [2.24, 2.45) is 0 Å². The molecule has 0 atom stereocenters. The largest absolute Gasteiger partial charge is 0.334 e. The molecule has 0 aliphatic carbocycles. The van der Waals surface area contributed by atoms with E-state index in [9.17, 15) is 9.59 Å². The normalized spacial score (nSPS) is 15.3. The maximum Gasteiger partial charge on any atom is 0.260 e. The van der Waals surface area contributed by atoms with Gasteiger partial charge in [-0.2, -0.15) is 0 Å². The van der Waals surface area contributed by atoms with Crippen molar-refractivity contribution in [1.82, 2.24) is 29.6 Å². The summed E-state index contributed by atoms with van der Waals surface area (Å²) < 4.78 is 1.99. The van der Waals surface area contributed by atoms with Crippen LogP contribution >= 0.6 is 0 Å². The Morgan fingerprint density at radius 3 is 2.74 bits per heavy atom. The molecular weight excluding hydrogens is 394 g/mol. The molecule has 9 nitrogen and oxygen atoms in total. The molecule has 2 amide bonds. The molecule has 31 heavy (non-hydrogen) atoms. The fraction of sp³-hybridized carbons (Fsp3) is 0.364. The quantitative estimate of drug-likeness (QED) is 0.648. The van der Waals surface area contributed by atoms with Crippen molar-refractivity contribution in [2.75, 3.05) is 11.4 Å². The number of nitrogens with zero attached hydrogens (tertiary/aromatic N) is 7. The Bertz CT molecular complexity index is 1220. The van der Waals surface area contributed by atoms with Crippen LogP contribution in [-0.4, -0.2) is 48.0 Å². The van der Waals surface area contributed by atoms with Crippen molar-refractivity contribution < 1.29 is 9.59 Å². The van der Waals surface area contributed by atoms with Gasteiger partial charge in [0.25, 0.3) is 5.91 Å². The molecule has 0 aromatic carbocycles. The van der Waals surface area contributed by atoms with Crippen molar-refractivity contribution in [1.29, 1.82) is 0 Å². The van der Waals surface area contributed by atoms with Gasteiger partial charge in [-0.05, 0) is 31.5 Å². The summed E-state index contributed by atoms with van der Waals surface area (Å²) >= 11 is 0. The van der Waals surface area contributed by atoms with Crippen LogP contribution in [0.25, 0.3) is 11.5 Å². The highest BCUT2D eigenvalue weighted by Gasteiger charge is 2.32. The van der Waals surface area contributed by atoms with Gasteiger partial charge in [-0.3, -0.25) is 19.5 Å². The van der Waals surface area contributed by atoms with Crippen LogP contribution in [-0.2, 0) is 30.8 Å². The van der Waals surface area contributed by atoms with Crippen molar-refractivity contribution >= 4 is 17.6 Å². The van der Waals surface area contributed by atoms with Crippen LogP contribution in [0, 0.1) is 6.92 Å². The monoisotopic (exact) mass is 417 g/mol. The molecule has 2 aliphatic rings. The van der Waals surface area contributed by atoms with Crippen molar-refractivity contribution in [3.63, 3.8) is 0 Å². The van der Waals surface area contributed by atoms with E-state index in [1.807, 2.05) is 35.8 Å². The molecular formula is C22H23N7O2. The number of carbonyl (C=O) groups is 2. The summed E-state index contributed by atoms with van der Waals surface area (Å²) in [5.74, 6) is 1.94. The number of hydrogen-bond acceptors (Lipinski definition) is 6. The zero-order valence-electron chi connectivity index (χ0n) is 17.8. The van der Waals surface area contributed by atoms with E-state index in [2.05, 4.69) is 22.1 Å². The summed E-state index contributed by atoms with van der Waals surface area (Å²) in [6, 6.07) is 7.44. The predicted molar refractivity (Wildman–Crippen MR) is 113 cm³/mol. The van der Waals surface area contributed by atoms with Gasteiger partial charge in [0.2, 0.25) is 5.91 Å². The third-order valence-electron chi connectivity index (χ3n) is 5.90. The number of carbonyl (C=O) groups excluding carboxylic acids is 2. The summed E-state index contributed by atoms with van der Waals surface area (Å²) in [5.41, 5.74) is 4.15. The standard InChI is InChI=1S/C22H23N7O2/c1-4-17-16-11-29(22(31)15(16)10-13(2)23-17)19-7-5-6-18(24-19)21-26-25-20-12-27(14(3)30)8-9-28(20)21/h5-7,10H,4,8-9,11-12H2,1-3H3. The van der Waals surface area contributed by atoms with E-state index in [1.54, 1.807) is 16.7 Å². The molecule has 5 rings (SSSR count). The number of anilines is 1. The lowest BCUT2D eigenvalue weighted by atomic mass is 10.1. The molecule has 0 unspecified atom stereocenters. The van der Waals surface area contributed by atoms with Gasteiger partial charge in [-0.15, -0.1) is 10.2 Å². The Balaban J connectivity index is 1.48. The number of pyridine rings is 2. The Hall–Kier alpha value is -3.62. The maximum atomic E-state index is 13.1. The third-order valence-corrected chi connectivity index (χ3v) is 5.90. The first-order chi connectivity index (χ1) is 15.0. The topological polar surface area (TPSA) is 97.1 Å². The average Bonchev–Trinajstić information content (AvgIpc) is 3.34. The summed E-state index contributed by atoms with van der Waals surface area (Å²) in [5, 5.41) is 8.59. The van der Waals surface area contributed by atoms with Gasteiger partial charge >= 0.3 is 0 Å².